The minimum Gasteiger partial charge on any atom is -0.484 e. The van der Waals surface area contributed by atoms with Crippen molar-refractivity contribution in [1.29, 1.82) is 0 Å². The molecule has 6 heteroatoms. The van der Waals surface area contributed by atoms with Crippen LogP contribution in [0.5, 0.6) is 5.75 Å². The highest BCUT2D eigenvalue weighted by Crippen LogP contribution is 2.32. The fourth-order valence-corrected chi connectivity index (χ4v) is 3.61. The summed E-state index contributed by atoms with van der Waals surface area (Å²) in [6.45, 7) is 10.1. The average molecular weight is 375 g/mol. The van der Waals surface area contributed by atoms with Gasteiger partial charge in [-0.05, 0) is 48.9 Å². The lowest BCUT2D eigenvalue weighted by Gasteiger charge is -2.23. The zero-order valence-corrected chi connectivity index (χ0v) is 16.8. The summed E-state index contributed by atoms with van der Waals surface area (Å²) in [7, 11) is 0. The molecule has 0 unspecified atom stereocenters. The van der Waals surface area contributed by atoms with Crippen LogP contribution in [-0.2, 0) is 10.2 Å². The average Bonchev–Trinajstić information content (AvgIpc) is 2.87. The number of nitrogens with two attached hydrogens (primary N) is 1. The van der Waals surface area contributed by atoms with Crippen LogP contribution in [0.3, 0.4) is 0 Å². The first-order chi connectivity index (χ1) is 12.2. The van der Waals surface area contributed by atoms with E-state index in [4.69, 9.17) is 10.5 Å². The van der Waals surface area contributed by atoms with Gasteiger partial charge in [0.05, 0.1) is 5.56 Å². The Balaban J connectivity index is 2.00. The van der Waals surface area contributed by atoms with Gasteiger partial charge in [-0.1, -0.05) is 32.9 Å². The zero-order valence-electron chi connectivity index (χ0n) is 15.9. The molecule has 3 N–H and O–H groups in total. The highest BCUT2D eigenvalue weighted by Gasteiger charge is 2.20. The molecule has 2 aromatic rings. The molecule has 2 amide bonds. The summed E-state index contributed by atoms with van der Waals surface area (Å²) in [5.74, 6) is -0.242. The third kappa shape index (κ3) is 4.43. The quantitative estimate of drug-likeness (QED) is 0.763. The van der Waals surface area contributed by atoms with Gasteiger partial charge in [0.15, 0.2) is 6.61 Å². The molecule has 0 radical (unpaired) electrons. The van der Waals surface area contributed by atoms with Crippen LogP contribution in [-0.4, -0.2) is 18.4 Å². The van der Waals surface area contributed by atoms with E-state index in [1.807, 2.05) is 38.1 Å². The SMILES string of the molecule is CCC(C)(C)c1ccc(OCC(=O)Nc2sc(C)c(C)c2C(N)=O)cc1. The van der Waals surface area contributed by atoms with Crippen molar-refractivity contribution < 1.29 is 14.3 Å². The number of thiophene rings is 1. The number of primary amides is 1. The summed E-state index contributed by atoms with van der Waals surface area (Å²) in [5.41, 5.74) is 7.92. The number of carbonyl (C=O) groups excluding carboxylic acids is 2. The standard InChI is InChI=1S/C20H26N2O3S/c1-6-20(4,5)14-7-9-15(10-8-14)25-11-16(23)22-19-17(18(21)24)12(2)13(3)26-19/h7-10H,6,11H2,1-5H3,(H2,21,24)(H,22,23). The molecule has 1 aromatic carbocycles. The minimum atomic E-state index is -0.544. The second kappa shape index (κ2) is 7.91. The number of rotatable bonds is 7. The van der Waals surface area contributed by atoms with Gasteiger partial charge in [0, 0.05) is 4.88 Å². The van der Waals surface area contributed by atoms with Crippen molar-refractivity contribution in [2.75, 3.05) is 11.9 Å². The van der Waals surface area contributed by atoms with Crippen LogP contribution >= 0.6 is 11.3 Å². The van der Waals surface area contributed by atoms with E-state index in [-0.39, 0.29) is 17.9 Å². The number of anilines is 1. The largest absolute Gasteiger partial charge is 0.484 e. The highest BCUT2D eigenvalue weighted by molar-refractivity contribution is 7.16. The number of carbonyl (C=O) groups is 2. The summed E-state index contributed by atoms with van der Waals surface area (Å²) in [6.07, 6.45) is 1.04. The van der Waals surface area contributed by atoms with Gasteiger partial charge in [-0.2, -0.15) is 0 Å². The Bertz CT molecular complexity index is 807. The lowest BCUT2D eigenvalue weighted by Crippen LogP contribution is -2.22. The number of hydrogen-bond acceptors (Lipinski definition) is 4. The van der Waals surface area contributed by atoms with Crippen molar-refractivity contribution in [2.45, 2.75) is 46.5 Å². The van der Waals surface area contributed by atoms with E-state index in [0.717, 1.165) is 16.9 Å². The van der Waals surface area contributed by atoms with Gasteiger partial charge in [0.1, 0.15) is 10.8 Å². The fraction of sp³-hybridized carbons (Fsp3) is 0.400. The Kier molecular flexibility index (Phi) is 6.08. The van der Waals surface area contributed by atoms with Crippen molar-refractivity contribution in [2.24, 2.45) is 5.73 Å². The third-order valence-electron chi connectivity index (χ3n) is 4.77. The lowest BCUT2D eigenvalue weighted by atomic mass is 9.82. The molecule has 0 bridgehead atoms. The number of hydrogen-bond donors (Lipinski definition) is 2. The number of amides is 2. The van der Waals surface area contributed by atoms with Gasteiger partial charge in [-0.3, -0.25) is 9.59 Å². The molecule has 0 aliphatic rings. The van der Waals surface area contributed by atoms with Crippen molar-refractivity contribution >= 4 is 28.2 Å². The molecule has 2 rings (SSSR count). The monoisotopic (exact) mass is 374 g/mol. The van der Waals surface area contributed by atoms with E-state index in [2.05, 4.69) is 26.1 Å². The van der Waals surface area contributed by atoms with Crippen LogP contribution in [0.4, 0.5) is 5.00 Å². The maximum atomic E-state index is 12.2. The molecule has 0 fully saturated rings. The van der Waals surface area contributed by atoms with Gasteiger partial charge >= 0.3 is 0 Å². The fourth-order valence-electron chi connectivity index (χ4n) is 2.53. The molecule has 140 valence electrons. The molecule has 5 nitrogen and oxygen atoms in total. The smallest absolute Gasteiger partial charge is 0.262 e. The molecule has 1 heterocycles. The first-order valence-corrected chi connectivity index (χ1v) is 9.40. The van der Waals surface area contributed by atoms with Crippen molar-refractivity contribution in [3.63, 3.8) is 0 Å². The summed E-state index contributed by atoms with van der Waals surface area (Å²) in [6, 6.07) is 7.78. The molecule has 0 spiro atoms. The van der Waals surface area contributed by atoms with E-state index < -0.39 is 5.91 Å². The van der Waals surface area contributed by atoms with Crippen LogP contribution in [0.2, 0.25) is 0 Å². The number of aryl methyl sites for hydroxylation is 1. The van der Waals surface area contributed by atoms with Gasteiger partial charge in [-0.15, -0.1) is 11.3 Å². The third-order valence-corrected chi connectivity index (χ3v) is 5.90. The van der Waals surface area contributed by atoms with Gasteiger partial charge < -0.3 is 15.8 Å². The zero-order chi connectivity index (χ0) is 19.5. The summed E-state index contributed by atoms with van der Waals surface area (Å²) >= 11 is 1.34. The molecule has 0 aliphatic heterocycles. The predicted molar refractivity (Wildman–Crippen MR) is 106 cm³/mol. The first kappa shape index (κ1) is 20.0. The molecule has 26 heavy (non-hydrogen) atoms. The van der Waals surface area contributed by atoms with Crippen molar-refractivity contribution in [1.82, 2.24) is 0 Å². The Morgan fingerprint density at radius 2 is 1.81 bits per heavy atom. The normalized spacial score (nSPS) is 11.3. The van der Waals surface area contributed by atoms with Gasteiger partial charge in [-0.25, -0.2) is 0 Å². The Labute approximate surface area is 158 Å². The lowest BCUT2D eigenvalue weighted by molar-refractivity contribution is -0.118. The predicted octanol–water partition coefficient (Wildman–Crippen LogP) is 4.17. The van der Waals surface area contributed by atoms with Crippen LogP contribution in [0.1, 0.15) is 53.6 Å². The van der Waals surface area contributed by atoms with E-state index >= 15 is 0 Å². The number of benzene rings is 1. The number of nitrogens with one attached hydrogen (secondary N) is 1. The summed E-state index contributed by atoms with van der Waals surface area (Å²) in [4.78, 5) is 24.7. The Hall–Kier alpha value is -2.34. The molecule has 0 saturated carbocycles. The summed E-state index contributed by atoms with van der Waals surface area (Å²) < 4.78 is 5.56. The Morgan fingerprint density at radius 3 is 2.35 bits per heavy atom. The van der Waals surface area contributed by atoms with Gasteiger partial charge in [0.2, 0.25) is 0 Å². The van der Waals surface area contributed by atoms with Crippen molar-refractivity contribution in [3.05, 3.63) is 45.8 Å². The topological polar surface area (TPSA) is 81.4 Å². The number of ether oxygens (including phenoxy) is 1. The van der Waals surface area contributed by atoms with E-state index in [1.165, 1.54) is 16.9 Å². The van der Waals surface area contributed by atoms with E-state index in [9.17, 15) is 9.59 Å². The minimum absolute atomic E-state index is 0.107. The highest BCUT2D eigenvalue weighted by atomic mass is 32.1. The van der Waals surface area contributed by atoms with Crippen LogP contribution in [0, 0.1) is 13.8 Å². The molecular formula is C20H26N2O3S. The second-order valence-corrected chi connectivity index (χ2v) is 8.18. The van der Waals surface area contributed by atoms with Crippen molar-refractivity contribution in [3.8, 4) is 5.75 Å². The molecular weight excluding hydrogens is 348 g/mol. The van der Waals surface area contributed by atoms with E-state index in [0.29, 0.717) is 16.3 Å². The molecule has 0 saturated heterocycles. The Morgan fingerprint density at radius 1 is 1.19 bits per heavy atom. The van der Waals surface area contributed by atoms with E-state index in [1.54, 1.807) is 0 Å². The maximum absolute atomic E-state index is 12.2. The van der Waals surface area contributed by atoms with Crippen LogP contribution < -0.4 is 15.8 Å². The summed E-state index contributed by atoms with van der Waals surface area (Å²) in [5, 5.41) is 3.20. The second-order valence-electron chi connectivity index (χ2n) is 6.95. The first-order valence-electron chi connectivity index (χ1n) is 8.58. The molecule has 0 aliphatic carbocycles. The van der Waals surface area contributed by atoms with Crippen LogP contribution in [0.25, 0.3) is 0 Å². The molecule has 0 atom stereocenters. The van der Waals surface area contributed by atoms with Crippen LogP contribution in [0.15, 0.2) is 24.3 Å². The van der Waals surface area contributed by atoms with Gasteiger partial charge in [0.25, 0.3) is 11.8 Å². The molecule has 1 aromatic heterocycles. The maximum Gasteiger partial charge on any atom is 0.262 e.